The Balaban J connectivity index is 2.28. The predicted molar refractivity (Wildman–Crippen MR) is 75.6 cm³/mol. The van der Waals surface area contributed by atoms with Crippen LogP contribution in [0.5, 0.6) is 0 Å². The fourth-order valence-corrected chi connectivity index (χ4v) is 2.71. The molecule has 2 aromatic rings. The number of allylic oxidation sites excluding steroid dienone is 4. The predicted octanol–water partition coefficient (Wildman–Crippen LogP) is 4.10. The number of aliphatic hydroxyl groups excluding tert-OH is 1. The highest BCUT2D eigenvalue weighted by Gasteiger charge is 2.17. The Hall–Kier alpha value is -1.86. The first-order chi connectivity index (χ1) is 8.77. The van der Waals surface area contributed by atoms with Crippen molar-refractivity contribution in [2.75, 3.05) is 0 Å². The molecule has 0 spiro atoms. The van der Waals surface area contributed by atoms with Crippen LogP contribution in [0.2, 0.25) is 0 Å². The van der Waals surface area contributed by atoms with Crippen molar-refractivity contribution in [2.45, 2.75) is 18.9 Å². The molecule has 0 amide bonds. The van der Waals surface area contributed by atoms with Crippen LogP contribution in [0.15, 0.2) is 60.7 Å². The zero-order valence-corrected chi connectivity index (χ0v) is 10.4. The molecule has 1 heteroatoms. The summed E-state index contributed by atoms with van der Waals surface area (Å²) in [5, 5.41) is 12.4. The lowest BCUT2D eigenvalue weighted by Gasteiger charge is -2.18. The molecule has 3 rings (SSSR count). The molecule has 1 N–H and O–H groups in total. The van der Waals surface area contributed by atoms with Gasteiger partial charge in [-0.1, -0.05) is 60.7 Å². The lowest BCUT2D eigenvalue weighted by Crippen LogP contribution is -2.02. The Kier molecular flexibility index (Phi) is 2.77. The fraction of sp³-hybridized carbons (Fsp3) is 0.176. The molecular formula is C17H16O. The quantitative estimate of drug-likeness (QED) is 0.832. The van der Waals surface area contributed by atoms with Crippen LogP contribution in [0, 0.1) is 0 Å². The zero-order chi connectivity index (χ0) is 12.5. The minimum absolute atomic E-state index is 0.291. The minimum atomic E-state index is -0.450. The summed E-state index contributed by atoms with van der Waals surface area (Å²) in [7, 11) is 0. The highest BCUT2D eigenvalue weighted by atomic mass is 16.3. The van der Waals surface area contributed by atoms with E-state index < -0.39 is 6.10 Å². The van der Waals surface area contributed by atoms with E-state index in [1.807, 2.05) is 19.1 Å². The Labute approximate surface area is 107 Å². The number of benzene rings is 2. The number of aliphatic hydroxyl groups is 1. The maximum Gasteiger partial charge on any atom is 0.0770 e. The van der Waals surface area contributed by atoms with Crippen molar-refractivity contribution in [2.24, 2.45) is 0 Å². The fourth-order valence-electron chi connectivity index (χ4n) is 2.71. The van der Waals surface area contributed by atoms with Gasteiger partial charge < -0.3 is 5.11 Å². The van der Waals surface area contributed by atoms with Crippen molar-refractivity contribution >= 4 is 10.8 Å². The van der Waals surface area contributed by atoms with E-state index in [0.717, 1.165) is 10.9 Å². The summed E-state index contributed by atoms with van der Waals surface area (Å²) in [5.74, 6) is 0.291. The molecule has 0 bridgehead atoms. The molecule has 90 valence electrons. The monoisotopic (exact) mass is 236 g/mol. The van der Waals surface area contributed by atoms with Gasteiger partial charge in [0, 0.05) is 5.92 Å². The van der Waals surface area contributed by atoms with Gasteiger partial charge in [-0.15, -0.1) is 0 Å². The second-order valence-electron chi connectivity index (χ2n) is 4.76. The third-order valence-corrected chi connectivity index (χ3v) is 3.53. The molecule has 1 unspecified atom stereocenters. The molecule has 0 heterocycles. The van der Waals surface area contributed by atoms with E-state index in [1.165, 1.54) is 10.9 Å². The largest absolute Gasteiger partial charge is 0.389 e. The lowest BCUT2D eigenvalue weighted by atomic mass is 9.89. The minimum Gasteiger partial charge on any atom is -0.389 e. The van der Waals surface area contributed by atoms with Gasteiger partial charge in [0.25, 0.3) is 0 Å². The highest BCUT2D eigenvalue weighted by molar-refractivity contribution is 5.87. The number of fused-ring (bicyclic) bond motifs is 1. The van der Waals surface area contributed by atoms with Crippen LogP contribution in [0.1, 0.15) is 30.1 Å². The molecule has 1 atom stereocenters. The summed E-state index contributed by atoms with van der Waals surface area (Å²) in [6, 6.07) is 12.5. The van der Waals surface area contributed by atoms with Crippen molar-refractivity contribution in [3.63, 3.8) is 0 Å². The van der Waals surface area contributed by atoms with E-state index in [9.17, 15) is 5.11 Å². The van der Waals surface area contributed by atoms with Crippen molar-refractivity contribution < 1.29 is 5.11 Å². The maximum absolute atomic E-state index is 10.1. The Bertz CT molecular complexity index is 623. The second kappa shape index (κ2) is 4.43. The maximum atomic E-state index is 10.1. The van der Waals surface area contributed by atoms with Crippen LogP contribution in [0.25, 0.3) is 10.8 Å². The van der Waals surface area contributed by atoms with Gasteiger partial charge in [0.1, 0.15) is 0 Å². The molecule has 0 radical (unpaired) electrons. The number of rotatable bonds is 2. The van der Waals surface area contributed by atoms with E-state index in [1.54, 1.807) is 0 Å². The molecule has 1 aliphatic carbocycles. The first-order valence-electron chi connectivity index (χ1n) is 6.32. The molecule has 0 saturated carbocycles. The van der Waals surface area contributed by atoms with Crippen LogP contribution in [-0.4, -0.2) is 5.11 Å². The summed E-state index contributed by atoms with van der Waals surface area (Å²) in [5.41, 5.74) is 2.25. The molecule has 18 heavy (non-hydrogen) atoms. The number of hydrogen-bond donors (Lipinski definition) is 1. The molecular weight excluding hydrogens is 220 g/mol. The van der Waals surface area contributed by atoms with E-state index in [-0.39, 0.29) is 0 Å². The average molecular weight is 236 g/mol. The van der Waals surface area contributed by atoms with Gasteiger partial charge >= 0.3 is 0 Å². The summed E-state index contributed by atoms with van der Waals surface area (Å²) in [6.07, 6.45) is 8.00. The van der Waals surface area contributed by atoms with Gasteiger partial charge in [-0.3, -0.25) is 0 Å². The Morgan fingerprint density at radius 2 is 1.72 bits per heavy atom. The van der Waals surface area contributed by atoms with Crippen molar-refractivity contribution in [3.05, 3.63) is 71.8 Å². The normalized spacial score (nSPS) is 16.6. The summed E-state index contributed by atoms with van der Waals surface area (Å²) < 4.78 is 0. The zero-order valence-electron chi connectivity index (χ0n) is 10.4. The van der Waals surface area contributed by atoms with Gasteiger partial charge in [-0.05, 0) is 28.8 Å². The lowest BCUT2D eigenvalue weighted by molar-refractivity contribution is 0.200. The SMILES string of the molecule is CC(O)c1c(C2C=CC=C2)ccc2ccccc12. The van der Waals surface area contributed by atoms with Crippen LogP contribution in [-0.2, 0) is 0 Å². The van der Waals surface area contributed by atoms with E-state index >= 15 is 0 Å². The molecule has 0 aromatic heterocycles. The van der Waals surface area contributed by atoms with E-state index in [0.29, 0.717) is 5.92 Å². The standard InChI is InChI=1S/C17H16O/c1-12(18)17-15-9-5-4-8-14(15)10-11-16(17)13-6-2-3-7-13/h2-13,18H,1H3. The van der Waals surface area contributed by atoms with Crippen molar-refractivity contribution in [1.29, 1.82) is 0 Å². The third-order valence-electron chi connectivity index (χ3n) is 3.53. The third kappa shape index (κ3) is 1.77. The highest BCUT2D eigenvalue weighted by Crippen LogP contribution is 2.34. The van der Waals surface area contributed by atoms with Crippen LogP contribution >= 0.6 is 0 Å². The Morgan fingerprint density at radius 1 is 1.00 bits per heavy atom. The van der Waals surface area contributed by atoms with Gasteiger partial charge in [0.15, 0.2) is 0 Å². The van der Waals surface area contributed by atoms with Crippen molar-refractivity contribution in [3.8, 4) is 0 Å². The summed E-state index contributed by atoms with van der Waals surface area (Å²) in [6.45, 7) is 1.84. The topological polar surface area (TPSA) is 20.2 Å². The van der Waals surface area contributed by atoms with E-state index in [4.69, 9.17) is 0 Å². The van der Waals surface area contributed by atoms with E-state index in [2.05, 4.69) is 48.6 Å². The molecule has 2 aromatic carbocycles. The van der Waals surface area contributed by atoms with Gasteiger partial charge in [-0.25, -0.2) is 0 Å². The first kappa shape index (κ1) is 11.2. The molecule has 1 nitrogen and oxygen atoms in total. The van der Waals surface area contributed by atoms with Gasteiger partial charge in [-0.2, -0.15) is 0 Å². The molecule has 0 saturated heterocycles. The molecule has 0 aliphatic heterocycles. The Morgan fingerprint density at radius 3 is 2.44 bits per heavy atom. The molecule has 1 aliphatic rings. The average Bonchev–Trinajstić information content (AvgIpc) is 2.90. The van der Waals surface area contributed by atoms with Crippen LogP contribution < -0.4 is 0 Å². The summed E-state index contributed by atoms with van der Waals surface area (Å²) in [4.78, 5) is 0. The first-order valence-corrected chi connectivity index (χ1v) is 6.32. The second-order valence-corrected chi connectivity index (χ2v) is 4.76. The van der Waals surface area contributed by atoms with Gasteiger partial charge in [0.2, 0.25) is 0 Å². The number of hydrogen-bond acceptors (Lipinski definition) is 1. The van der Waals surface area contributed by atoms with Gasteiger partial charge in [0.05, 0.1) is 6.10 Å². The molecule has 0 fully saturated rings. The van der Waals surface area contributed by atoms with Crippen molar-refractivity contribution in [1.82, 2.24) is 0 Å². The van der Waals surface area contributed by atoms with Crippen LogP contribution in [0.3, 0.4) is 0 Å². The smallest absolute Gasteiger partial charge is 0.0770 e. The van der Waals surface area contributed by atoms with Crippen LogP contribution in [0.4, 0.5) is 0 Å². The summed E-state index contributed by atoms with van der Waals surface area (Å²) >= 11 is 0.